The predicted octanol–water partition coefficient (Wildman–Crippen LogP) is -0.259. The molecule has 0 amide bonds. The normalized spacial score (nSPS) is 25.8. The van der Waals surface area contributed by atoms with Crippen LogP contribution >= 0.6 is 0 Å². The molecule has 94 valence electrons. The van der Waals surface area contributed by atoms with E-state index in [9.17, 15) is 16.8 Å². The summed E-state index contributed by atoms with van der Waals surface area (Å²) < 4.78 is 52.0. The largest absolute Gasteiger partial charge is 0.270 e. The fourth-order valence-corrected chi connectivity index (χ4v) is 2.07. The average Bonchev–Trinajstić information content (AvgIpc) is 2.66. The molecule has 0 saturated heterocycles. The van der Waals surface area contributed by atoms with Crippen LogP contribution in [0.3, 0.4) is 0 Å². The van der Waals surface area contributed by atoms with E-state index in [0.29, 0.717) is 0 Å². The molecule has 0 heterocycles. The Kier molecular flexibility index (Phi) is 3.78. The summed E-state index contributed by atoms with van der Waals surface area (Å²) in [6.45, 7) is 3.67. The molecule has 0 aromatic carbocycles. The molecule has 0 N–H and O–H groups in total. The first-order valence-electron chi connectivity index (χ1n) is 4.47. The van der Waals surface area contributed by atoms with Crippen molar-refractivity contribution < 1.29 is 25.2 Å². The van der Waals surface area contributed by atoms with Crippen molar-refractivity contribution in [3.63, 3.8) is 0 Å². The van der Waals surface area contributed by atoms with Crippen LogP contribution in [0.4, 0.5) is 0 Å². The van der Waals surface area contributed by atoms with Crippen LogP contribution in [-0.2, 0) is 28.6 Å². The molecule has 0 aromatic rings. The molecule has 1 aliphatic carbocycles. The second-order valence-electron chi connectivity index (χ2n) is 3.77. The van der Waals surface area contributed by atoms with Crippen molar-refractivity contribution in [3.05, 3.63) is 12.2 Å². The number of hydrogen-bond acceptors (Lipinski definition) is 6. The van der Waals surface area contributed by atoms with Crippen LogP contribution in [0.1, 0.15) is 0 Å². The third-order valence-electron chi connectivity index (χ3n) is 2.25. The van der Waals surface area contributed by atoms with Gasteiger partial charge in [-0.1, -0.05) is 12.2 Å². The Morgan fingerprint density at radius 1 is 1.00 bits per heavy atom. The van der Waals surface area contributed by atoms with Gasteiger partial charge < -0.3 is 0 Å². The Bertz CT molecular complexity index is 431. The molecule has 0 aliphatic heterocycles. The molecule has 0 aromatic heterocycles. The number of rotatable bonds is 6. The molecule has 0 radical (unpaired) electrons. The lowest BCUT2D eigenvalue weighted by Crippen LogP contribution is -2.09. The van der Waals surface area contributed by atoms with E-state index in [0.717, 1.165) is 18.1 Å². The van der Waals surface area contributed by atoms with Crippen LogP contribution < -0.4 is 0 Å². The molecule has 6 nitrogen and oxygen atoms in total. The van der Waals surface area contributed by atoms with Crippen molar-refractivity contribution in [2.24, 2.45) is 11.8 Å². The molecule has 0 bridgehead atoms. The van der Waals surface area contributed by atoms with Crippen molar-refractivity contribution in [1.82, 2.24) is 0 Å². The monoisotopic (exact) mass is 270 g/mol. The summed E-state index contributed by atoms with van der Waals surface area (Å²) in [7, 11) is -6.94. The van der Waals surface area contributed by atoms with Crippen molar-refractivity contribution in [2.75, 3.05) is 25.7 Å². The van der Waals surface area contributed by atoms with E-state index < -0.39 is 20.2 Å². The molecular formula is C8H14O6S2. The number of hydrogen-bond donors (Lipinski definition) is 0. The summed E-state index contributed by atoms with van der Waals surface area (Å²) in [4.78, 5) is 0. The molecule has 8 heteroatoms. The third-order valence-corrected chi connectivity index (χ3v) is 3.38. The lowest BCUT2D eigenvalue weighted by atomic mass is 10.3. The maximum Gasteiger partial charge on any atom is 0.264 e. The lowest BCUT2D eigenvalue weighted by molar-refractivity contribution is 0.264. The van der Waals surface area contributed by atoms with Crippen LogP contribution in [0.25, 0.3) is 0 Å². The summed E-state index contributed by atoms with van der Waals surface area (Å²) in [6, 6.07) is 0. The highest BCUT2D eigenvalue weighted by Gasteiger charge is 2.43. The van der Waals surface area contributed by atoms with Gasteiger partial charge in [0.1, 0.15) is 0 Å². The van der Waals surface area contributed by atoms with Gasteiger partial charge in [0.25, 0.3) is 20.2 Å². The smallest absolute Gasteiger partial charge is 0.264 e. The van der Waals surface area contributed by atoms with Gasteiger partial charge in [-0.2, -0.15) is 16.8 Å². The molecule has 0 unspecified atom stereocenters. The molecule has 1 aliphatic rings. The van der Waals surface area contributed by atoms with E-state index in [1.165, 1.54) is 0 Å². The van der Waals surface area contributed by atoms with Gasteiger partial charge in [-0.05, 0) is 0 Å². The Hall–Kier alpha value is -0.440. The minimum Gasteiger partial charge on any atom is -0.270 e. The van der Waals surface area contributed by atoms with E-state index in [1.54, 1.807) is 0 Å². The molecule has 1 rings (SSSR count). The first-order valence-corrected chi connectivity index (χ1v) is 8.11. The van der Waals surface area contributed by atoms with Crippen LogP contribution in [0, 0.1) is 11.8 Å². The Morgan fingerprint density at radius 3 is 1.56 bits per heavy atom. The quantitative estimate of drug-likeness (QED) is 0.488. The van der Waals surface area contributed by atoms with Gasteiger partial charge in [-0.25, -0.2) is 0 Å². The molecule has 2 atom stereocenters. The summed E-state index contributed by atoms with van der Waals surface area (Å²) in [5.74, 6) is -0.284. The Morgan fingerprint density at radius 2 is 1.31 bits per heavy atom. The third kappa shape index (κ3) is 4.60. The average molecular weight is 270 g/mol. The zero-order valence-corrected chi connectivity index (χ0v) is 10.7. The fourth-order valence-electron chi connectivity index (χ4n) is 1.29. The summed E-state index contributed by atoms with van der Waals surface area (Å²) in [5, 5.41) is 0. The highest BCUT2D eigenvalue weighted by molar-refractivity contribution is 7.86. The zero-order valence-electron chi connectivity index (χ0n) is 9.04. The van der Waals surface area contributed by atoms with Crippen LogP contribution in [0.5, 0.6) is 0 Å². The first kappa shape index (κ1) is 13.6. The summed E-state index contributed by atoms with van der Waals surface area (Å²) in [6.07, 6.45) is 1.92. The van der Waals surface area contributed by atoms with Crippen LogP contribution in [0.2, 0.25) is 0 Å². The topological polar surface area (TPSA) is 86.7 Å². The van der Waals surface area contributed by atoms with Crippen molar-refractivity contribution in [2.45, 2.75) is 0 Å². The maximum atomic E-state index is 10.7. The molecule has 1 saturated carbocycles. The van der Waals surface area contributed by atoms with E-state index in [2.05, 4.69) is 14.9 Å². The van der Waals surface area contributed by atoms with Crippen LogP contribution in [0.15, 0.2) is 12.2 Å². The minimum absolute atomic E-state index is 0.00451. The maximum absolute atomic E-state index is 10.7. The van der Waals surface area contributed by atoms with E-state index in [4.69, 9.17) is 0 Å². The highest BCUT2D eigenvalue weighted by atomic mass is 32.2. The standard InChI is InChI=1S/C8H14O6S2/c1-6-7(4-13-15(2,9)10)8(6)5-14-16(3,11)12/h7-8H,1,4-5H2,2-3H3/t7-,8-/m1/s1. The fraction of sp³-hybridized carbons (Fsp3) is 0.750. The van der Waals surface area contributed by atoms with Crippen molar-refractivity contribution in [3.8, 4) is 0 Å². The second-order valence-corrected chi connectivity index (χ2v) is 7.05. The SMILES string of the molecule is C=C1[C@@H](COS(C)(=O)=O)[C@@H]1COS(C)(=O)=O. The van der Waals surface area contributed by atoms with Gasteiger partial charge in [0, 0.05) is 11.8 Å². The molecule has 1 fully saturated rings. The zero-order chi connectivity index (χ0) is 12.6. The van der Waals surface area contributed by atoms with Crippen molar-refractivity contribution in [1.29, 1.82) is 0 Å². The van der Waals surface area contributed by atoms with E-state index >= 15 is 0 Å². The predicted molar refractivity (Wildman–Crippen MR) is 57.7 cm³/mol. The van der Waals surface area contributed by atoms with Gasteiger partial charge >= 0.3 is 0 Å². The van der Waals surface area contributed by atoms with Crippen LogP contribution in [-0.4, -0.2) is 42.6 Å². The van der Waals surface area contributed by atoms with Gasteiger partial charge in [-0.15, -0.1) is 0 Å². The summed E-state index contributed by atoms with van der Waals surface area (Å²) >= 11 is 0. The Balaban J connectivity index is 2.36. The summed E-state index contributed by atoms with van der Waals surface area (Å²) in [5.41, 5.74) is 0.757. The van der Waals surface area contributed by atoms with Gasteiger partial charge in [0.05, 0.1) is 25.7 Å². The van der Waals surface area contributed by atoms with Gasteiger partial charge in [-0.3, -0.25) is 8.37 Å². The minimum atomic E-state index is -3.47. The molecule has 0 spiro atoms. The van der Waals surface area contributed by atoms with Gasteiger partial charge in [0.2, 0.25) is 0 Å². The molecule has 16 heavy (non-hydrogen) atoms. The van der Waals surface area contributed by atoms with Crippen molar-refractivity contribution >= 4 is 20.2 Å². The van der Waals surface area contributed by atoms with E-state index in [-0.39, 0.29) is 25.0 Å². The Labute approximate surface area is 95.5 Å². The second kappa shape index (κ2) is 4.44. The van der Waals surface area contributed by atoms with Gasteiger partial charge in [0.15, 0.2) is 0 Å². The highest BCUT2D eigenvalue weighted by Crippen LogP contribution is 2.44. The first-order chi connectivity index (χ1) is 7.10. The van der Waals surface area contributed by atoms with E-state index in [1.807, 2.05) is 0 Å². The lowest BCUT2D eigenvalue weighted by Gasteiger charge is -2.00. The molecular weight excluding hydrogens is 256 g/mol.